The maximum Gasteiger partial charge on any atom is 0.254 e. The highest BCUT2D eigenvalue weighted by atomic mass is 28.4. The van der Waals surface area contributed by atoms with E-state index in [2.05, 4.69) is 4.99 Å². The number of hydrogen-bond acceptors (Lipinski definition) is 2. The van der Waals surface area contributed by atoms with Gasteiger partial charge in [0.05, 0.1) is 5.92 Å². The highest BCUT2D eigenvalue weighted by Crippen LogP contribution is 2.44. The molecule has 0 spiro atoms. The van der Waals surface area contributed by atoms with Gasteiger partial charge in [0.25, 0.3) is 5.91 Å². The van der Waals surface area contributed by atoms with Crippen LogP contribution in [0.4, 0.5) is 0 Å². The van der Waals surface area contributed by atoms with Crippen LogP contribution in [0.2, 0.25) is 18.1 Å². The zero-order valence-electron chi connectivity index (χ0n) is 15.4. The number of rotatable bonds is 5. The second-order valence-electron chi connectivity index (χ2n) is 7.50. The molecule has 0 fully saturated rings. The number of aliphatic imine (C=N–C) groups is 1. The van der Waals surface area contributed by atoms with Gasteiger partial charge in [-0.25, -0.2) is 4.99 Å². The number of benzene rings is 1. The Morgan fingerprint density at radius 2 is 1.78 bits per heavy atom. The zero-order valence-corrected chi connectivity index (χ0v) is 16.4. The van der Waals surface area contributed by atoms with Crippen molar-refractivity contribution in [2.45, 2.75) is 51.2 Å². The molecule has 0 unspecified atom stereocenters. The van der Waals surface area contributed by atoms with E-state index in [1.165, 1.54) is 0 Å². The third kappa shape index (κ3) is 5.29. The van der Waals surface area contributed by atoms with Gasteiger partial charge >= 0.3 is 0 Å². The maximum atomic E-state index is 12.8. The van der Waals surface area contributed by atoms with Gasteiger partial charge in [-0.1, -0.05) is 44.2 Å². The van der Waals surface area contributed by atoms with Crippen LogP contribution in [0.15, 0.2) is 35.3 Å². The number of amidine groups is 1. The second kappa shape index (κ2) is 7.40. The molecular formula is C18H30N2O2Si. The van der Waals surface area contributed by atoms with Crippen molar-refractivity contribution in [2.24, 2.45) is 4.99 Å². The minimum atomic E-state index is -2.40. The molecule has 1 amide bonds. The number of amides is 1. The highest BCUT2D eigenvalue weighted by molar-refractivity contribution is 6.72. The van der Waals surface area contributed by atoms with Crippen molar-refractivity contribution in [3.63, 3.8) is 0 Å². The first-order chi connectivity index (χ1) is 10.5. The fourth-order valence-electron chi connectivity index (χ4n) is 2.13. The molecule has 128 valence electrons. The Bertz CT molecular complexity index is 560. The molecular weight excluding hydrogens is 304 g/mol. The molecule has 0 heterocycles. The monoisotopic (exact) mass is 334 g/mol. The normalized spacial score (nSPS) is 14.5. The highest BCUT2D eigenvalue weighted by Gasteiger charge is 2.41. The Hall–Kier alpha value is -1.46. The van der Waals surface area contributed by atoms with Crippen LogP contribution in [-0.4, -0.2) is 43.9 Å². The average Bonchev–Trinajstić information content (AvgIpc) is 2.44. The van der Waals surface area contributed by atoms with Gasteiger partial charge < -0.3 is 9.70 Å². The quantitative estimate of drug-likeness (QED) is 0.508. The summed E-state index contributed by atoms with van der Waals surface area (Å²) >= 11 is 0. The van der Waals surface area contributed by atoms with Crippen LogP contribution in [0.25, 0.3) is 0 Å². The van der Waals surface area contributed by atoms with Gasteiger partial charge in [0, 0.05) is 14.1 Å². The minimum absolute atomic E-state index is 0.145. The van der Waals surface area contributed by atoms with Crippen LogP contribution in [0, 0.1) is 0 Å². The molecule has 1 rings (SSSR count). The van der Waals surface area contributed by atoms with E-state index in [-0.39, 0.29) is 16.9 Å². The standard InChI is InChI=1S/C18H30N2O2Si/c1-14(20(4)5)19-17(21)16(15-11-9-8-10-12-15)13-18(2,3)23(6,7)22/h8-12,16,22H,13H2,1-7H3/b19-14+/t16-/m0/s1. The Labute approximate surface area is 141 Å². The van der Waals surface area contributed by atoms with E-state index in [1.54, 1.807) is 0 Å². The lowest BCUT2D eigenvalue weighted by Crippen LogP contribution is -2.40. The van der Waals surface area contributed by atoms with E-state index >= 15 is 0 Å². The predicted molar refractivity (Wildman–Crippen MR) is 99.3 cm³/mol. The van der Waals surface area contributed by atoms with Crippen LogP contribution in [0.5, 0.6) is 0 Å². The molecule has 0 aliphatic carbocycles. The van der Waals surface area contributed by atoms with E-state index in [0.29, 0.717) is 12.3 Å². The summed E-state index contributed by atoms with van der Waals surface area (Å²) < 4.78 is 0. The largest absolute Gasteiger partial charge is 0.432 e. The van der Waals surface area contributed by atoms with Gasteiger partial charge in [-0.2, -0.15) is 0 Å². The summed E-state index contributed by atoms with van der Waals surface area (Å²) in [5, 5.41) is -0.287. The topological polar surface area (TPSA) is 52.9 Å². The first-order valence-electron chi connectivity index (χ1n) is 7.99. The molecule has 4 nitrogen and oxygen atoms in total. The van der Waals surface area contributed by atoms with Crippen molar-refractivity contribution in [1.82, 2.24) is 4.90 Å². The molecule has 0 aromatic heterocycles. The number of hydrogen-bond donors (Lipinski definition) is 1. The van der Waals surface area contributed by atoms with Crippen LogP contribution in [0.3, 0.4) is 0 Å². The molecule has 1 atom stereocenters. The smallest absolute Gasteiger partial charge is 0.254 e. The van der Waals surface area contributed by atoms with Gasteiger partial charge in [-0.15, -0.1) is 0 Å². The van der Waals surface area contributed by atoms with Crippen LogP contribution in [0.1, 0.15) is 38.7 Å². The van der Waals surface area contributed by atoms with Crippen LogP contribution >= 0.6 is 0 Å². The van der Waals surface area contributed by atoms with Gasteiger partial charge in [0.15, 0.2) is 8.32 Å². The number of carbonyl (C=O) groups excluding carboxylic acids is 1. The summed E-state index contributed by atoms with van der Waals surface area (Å²) in [6.45, 7) is 9.77. The number of carbonyl (C=O) groups is 1. The van der Waals surface area contributed by atoms with Crippen molar-refractivity contribution in [3.8, 4) is 0 Å². The summed E-state index contributed by atoms with van der Waals surface area (Å²) in [5.41, 5.74) is 0.958. The van der Waals surface area contributed by atoms with Gasteiger partial charge in [-0.05, 0) is 37.0 Å². The lowest BCUT2D eigenvalue weighted by Gasteiger charge is -2.37. The molecule has 0 aliphatic heterocycles. The number of nitrogens with zero attached hydrogens (tertiary/aromatic N) is 2. The Morgan fingerprint density at radius 1 is 1.26 bits per heavy atom. The molecule has 0 radical (unpaired) electrons. The first kappa shape index (κ1) is 19.6. The molecule has 0 saturated carbocycles. The molecule has 0 aliphatic rings. The fraction of sp³-hybridized carbons (Fsp3) is 0.556. The molecule has 1 aromatic carbocycles. The molecule has 1 aromatic rings. The zero-order chi connectivity index (χ0) is 17.8. The Morgan fingerprint density at radius 3 is 2.22 bits per heavy atom. The van der Waals surface area contributed by atoms with Crippen LogP contribution in [-0.2, 0) is 4.79 Å². The molecule has 1 N–H and O–H groups in total. The molecule has 5 heteroatoms. The van der Waals surface area contributed by atoms with Crippen LogP contribution < -0.4 is 0 Å². The Balaban J connectivity index is 3.19. The molecule has 0 bridgehead atoms. The Kier molecular flexibility index (Phi) is 6.30. The maximum absolute atomic E-state index is 12.8. The molecule has 23 heavy (non-hydrogen) atoms. The van der Waals surface area contributed by atoms with Gasteiger partial charge in [0.2, 0.25) is 0 Å². The summed E-state index contributed by atoms with van der Waals surface area (Å²) in [4.78, 5) is 29.4. The average molecular weight is 335 g/mol. The van der Waals surface area contributed by atoms with E-state index in [9.17, 15) is 9.59 Å². The minimum Gasteiger partial charge on any atom is -0.432 e. The van der Waals surface area contributed by atoms with Crippen molar-refractivity contribution in [2.75, 3.05) is 14.1 Å². The summed E-state index contributed by atoms with van der Waals surface area (Å²) in [6.07, 6.45) is 0.593. The van der Waals surface area contributed by atoms with Crippen molar-refractivity contribution in [1.29, 1.82) is 0 Å². The third-order valence-electron chi connectivity index (χ3n) is 4.79. The predicted octanol–water partition coefficient (Wildman–Crippen LogP) is 3.64. The SMILES string of the molecule is C/C(=N\C(=O)[C@@H](CC(C)(C)[Si](C)(C)O)c1ccccc1)N(C)C. The third-order valence-corrected chi connectivity index (χ3v) is 8.31. The first-order valence-corrected chi connectivity index (χ1v) is 10.9. The lowest BCUT2D eigenvalue weighted by atomic mass is 9.89. The van der Waals surface area contributed by atoms with Crippen molar-refractivity contribution < 1.29 is 9.59 Å². The fourth-order valence-corrected chi connectivity index (χ4v) is 2.83. The van der Waals surface area contributed by atoms with E-state index in [0.717, 1.165) is 5.56 Å². The lowest BCUT2D eigenvalue weighted by molar-refractivity contribution is -0.119. The van der Waals surface area contributed by atoms with Crippen molar-refractivity contribution >= 4 is 20.1 Å². The molecule has 0 saturated heterocycles. The van der Waals surface area contributed by atoms with E-state index in [4.69, 9.17) is 0 Å². The summed E-state index contributed by atoms with van der Waals surface area (Å²) in [7, 11) is 1.35. The summed E-state index contributed by atoms with van der Waals surface area (Å²) in [5.74, 6) is 0.211. The second-order valence-corrected chi connectivity index (χ2v) is 12.0. The van der Waals surface area contributed by atoms with Crippen molar-refractivity contribution in [3.05, 3.63) is 35.9 Å². The van der Waals surface area contributed by atoms with Gasteiger partial charge in [0.1, 0.15) is 5.84 Å². The van der Waals surface area contributed by atoms with Gasteiger partial charge in [-0.3, -0.25) is 4.79 Å². The van der Waals surface area contributed by atoms with E-state index < -0.39 is 8.32 Å². The van der Waals surface area contributed by atoms with E-state index in [1.807, 2.05) is 83.2 Å². The summed E-state index contributed by atoms with van der Waals surface area (Å²) in [6, 6.07) is 9.74.